The highest BCUT2D eigenvalue weighted by Gasteiger charge is 2.29. The quantitative estimate of drug-likeness (QED) is 0.522. The number of ether oxygens (including phenoxy) is 2. The minimum absolute atomic E-state index is 0.0883. The van der Waals surface area contributed by atoms with E-state index in [4.69, 9.17) is 9.47 Å². The molecular weight excluding hydrogens is 400 g/mol. The van der Waals surface area contributed by atoms with Gasteiger partial charge in [-0.3, -0.25) is 4.79 Å². The zero-order valence-electron chi connectivity index (χ0n) is 15.2. The molecule has 0 aliphatic heterocycles. The van der Waals surface area contributed by atoms with Crippen LogP contribution in [0, 0.1) is 0 Å². The van der Waals surface area contributed by atoms with E-state index in [1.807, 2.05) is 0 Å². The number of methoxy groups -OCH3 is 2. The molecule has 28 heavy (non-hydrogen) atoms. The summed E-state index contributed by atoms with van der Waals surface area (Å²) in [5.41, 5.74) is 0.308. The maximum atomic E-state index is 13.1. The molecule has 0 bridgehead atoms. The largest absolute Gasteiger partial charge is 0.493 e. The van der Waals surface area contributed by atoms with Gasteiger partial charge in [0.1, 0.15) is 6.54 Å². The van der Waals surface area contributed by atoms with Crippen molar-refractivity contribution in [2.75, 3.05) is 25.1 Å². The lowest BCUT2D eigenvalue weighted by Gasteiger charge is -2.21. The number of hydrogen-bond acceptors (Lipinski definition) is 7. The Bertz CT molecular complexity index is 1050. The van der Waals surface area contributed by atoms with Crippen molar-refractivity contribution in [2.24, 2.45) is 0 Å². The second-order valence-electron chi connectivity index (χ2n) is 5.63. The number of Topliss-reactive ketones (excluding diaryl/α,β-unsaturated/α-hetero) is 1. The molecule has 0 saturated heterocycles. The van der Waals surface area contributed by atoms with E-state index in [9.17, 15) is 13.2 Å². The summed E-state index contributed by atoms with van der Waals surface area (Å²) in [5, 5.41) is 1.88. The van der Waals surface area contributed by atoms with Gasteiger partial charge in [-0.15, -0.1) is 11.3 Å². The number of carbonyl (C=O) groups excluding carboxylic acids is 1. The molecule has 0 atom stereocenters. The number of anilines is 1. The molecule has 146 valence electrons. The van der Waals surface area contributed by atoms with E-state index in [0.29, 0.717) is 17.1 Å². The monoisotopic (exact) mass is 418 g/mol. The molecule has 9 heteroatoms. The first-order chi connectivity index (χ1) is 13.5. The summed E-state index contributed by atoms with van der Waals surface area (Å²) >= 11 is 1.14. The number of ketones is 1. The third-order valence-corrected chi connectivity index (χ3v) is 6.62. The molecule has 0 aliphatic rings. The van der Waals surface area contributed by atoms with Crippen LogP contribution >= 0.6 is 11.3 Å². The van der Waals surface area contributed by atoms with Crippen molar-refractivity contribution in [2.45, 2.75) is 4.90 Å². The zero-order chi connectivity index (χ0) is 20.1. The van der Waals surface area contributed by atoms with Crippen LogP contribution in [0.3, 0.4) is 0 Å². The Labute approximate surface area is 167 Å². The van der Waals surface area contributed by atoms with Crippen LogP contribution in [0.5, 0.6) is 11.5 Å². The van der Waals surface area contributed by atoms with E-state index >= 15 is 0 Å². The second kappa shape index (κ2) is 8.41. The van der Waals surface area contributed by atoms with Crippen molar-refractivity contribution in [3.63, 3.8) is 0 Å². The first-order valence-electron chi connectivity index (χ1n) is 8.20. The molecule has 0 N–H and O–H groups in total. The number of rotatable bonds is 8. The molecule has 3 aromatic rings. The zero-order valence-corrected chi connectivity index (χ0v) is 16.9. The highest BCUT2D eigenvalue weighted by molar-refractivity contribution is 7.93. The van der Waals surface area contributed by atoms with Gasteiger partial charge in [0, 0.05) is 17.1 Å². The Morgan fingerprint density at radius 2 is 1.79 bits per heavy atom. The number of carbonyl (C=O) groups is 1. The summed E-state index contributed by atoms with van der Waals surface area (Å²) in [6, 6.07) is 12.6. The minimum atomic E-state index is -3.95. The normalized spacial score (nSPS) is 11.1. The van der Waals surface area contributed by atoms with Crippen molar-refractivity contribution in [3.05, 3.63) is 65.7 Å². The van der Waals surface area contributed by atoms with Gasteiger partial charge >= 0.3 is 0 Å². The first-order valence-corrected chi connectivity index (χ1v) is 10.5. The minimum Gasteiger partial charge on any atom is -0.493 e. The maximum Gasteiger partial charge on any atom is 0.266 e. The summed E-state index contributed by atoms with van der Waals surface area (Å²) in [4.78, 5) is 17.0. The van der Waals surface area contributed by atoms with Gasteiger partial charge in [0.05, 0.1) is 19.1 Å². The Kier molecular flexibility index (Phi) is 5.96. The Hall–Kier alpha value is -2.91. The molecule has 0 saturated carbocycles. The van der Waals surface area contributed by atoms with Crippen LogP contribution in [0.25, 0.3) is 0 Å². The highest BCUT2D eigenvalue weighted by Crippen LogP contribution is 2.29. The van der Waals surface area contributed by atoms with Crippen LogP contribution in [-0.4, -0.2) is 39.9 Å². The smallest absolute Gasteiger partial charge is 0.266 e. The lowest BCUT2D eigenvalue weighted by molar-refractivity contribution is 0.100. The van der Waals surface area contributed by atoms with Crippen molar-refractivity contribution in [1.82, 2.24) is 4.98 Å². The lowest BCUT2D eigenvalue weighted by atomic mass is 10.1. The molecular formula is C19H18N2O5S2. The molecule has 3 rings (SSSR count). The SMILES string of the molecule is COc1ccc(C(=O)CN(c2nccs2)S(=O)(=O)c2ccccc2)cc1OC. The van der Waals surface area contributed by atoms with E-state index in [2.05, 4.69) is 4.98 Å². The van der Waals surface area contributed by atoms with E-state index in [1.165, 1.54) is 38.6 Å². The van der Waals surface area contributed by atoms with Crippen molar-refractivity contribution < 1.29 is 22.7 Å². The summed E-state index contributed by atoms with van der Waals surface area (Å²) in [6.45, 7) is -0.389. The number of hydrogen-bond donors (Lipinski definition) is 0. The molecule has 0 radical (unpaired) electrons. The van der Waals surface area contributed by atoms with E-state index in [1.54, 1.807) is 35.7 Å². The van der Waals surface area contributed by atoms with Gasteiger partial charge in [-0.05, 0) is 30.3 Å². The number of nitrogens with zero attached hydrogens (tertiary/aromatic N) is 2. The summed E-state index contributed by atoms with van der Waals surface area (Å²) in [5.74, 6) is 0.475. The molecule has 1 heterocycles. The average Bonchev–Trinajstić information content (AvgIpc) is 3.26. The van der Waals surface area contributed by atoms with Crippen LogP contribution in [-0.2, 0) is 10.0 Å². The number of sulfonamides is 1. The van der Waals surface area contributed by atoms with Crippen molar-refractivity contribution in [1.29, 1.82) is 0 Å². The third kappa shape index (κ3) is 4.00. The molecule has 0 spiro atoms. The fourth-order valence-electron chi connectivity index (χ4n) is 2.55. The topological polar surface area (TPSA) is 85.8 Å². The summed E-state index contributed by atoms with van der Waals surface area (Å²) in [6.07, 6.45) is 1.49. The highest BCUT2D eigenvalue weighted by atomic mass is 32.2. The number of thiazole rings is 1. The van der Waals surface area contributed by atoms with Crippen LogP contribution in [0.2, 0.25) is 0 Å². The van der Waals surface area contributed by atoms with Crippen LogP contribution < -0.4 is 13.8 Å². The van der Waals surface area contributed by atoms with E-state index < -0.39 is 15.8 Å². The Morgan fingerprint density at radius 1 is 1.07 bits per heavy atom. The van der Waals surface area contributed by atoms with Gasteiger partial charge in [-0.1, -0.05) is 18.2 Å². The molecule has 0 fully saturated rings. The first kappa shape index (κ1) is 19.8. The molecule has 1 aromatic heterocycles. The van der Waals surface area contributed by atoms with Crippen molar-refractivity contribution >= 4 is 32.3 Å². The van der Waals surface area contributed by atoms with Gasteiger partial charge < -0.3 is 9.47 Å². The molecule has 0 unspecified atom stereocenters. The second-order valence-corrected chi connectivity index (χ2v) is 8.37. The summed E-state index contributed by atoms with van der Waals surface area (Å²) in [7, 11) is -0.989. The van der Waals surface area contributed by atoms with Gasteiger partial charge in [-0.2, -0.15) is 0 Å². The standard InChI is InChI=1S/C19H18N2O5S2/c1-25-17-9-8-14(12-18(17)26-2)16(22)13-21(19-20-10-11-27-19)28(23,24)15-6-4-3-5-7-15/h3-12H,13H2,1-2H3. The molecule has 2 aromatic carbocycles. The number of aromatic nitrogens is 1. The van der Waals surface area contributed by atoms with Gasteiger partial charge in [0.15, 0.2) is 22.4 Å². The van der Waals surface area contributed by atoms with Gasteiger partial charge in [0.2, 0.25) is 0 Å². The van der Waals surface area contributed by atoms with E-state index in [0.717, 1.165) is 15.6 Å². The molecule has 7 nitrogen and oxygen atoms in total. The van der Waals surface area contributed by atoms with Crippen LogP contribution in [0.1, 0.15) is 10.4 Å². The predicted octanol–water partition coefficient (Wildman–Crippen LogP) is 3.24. The fourth-order valence-corrected chi connectivity index (χ4v) is 4.81. The fraction of sp³-hybridized carbons (Fsp3) is 0.158. The number of benzene rings is 2. The van der Waals surface area contributed by atoms with Gasteiger partial charge in [-0.25, -0.2) is 17.7 Å². The molecule has 0 aliphatic carbocycles. The molecule has 0 amide bonds. The predicted molar refractivity (Wildman–Crippen MR) is 107 cm³/mol. The van der Waals surface area contributed by atoms with Crippen LogP contribution in [0.4, 0.5) is 5.13 Å². The third-order valence-electron chi connectivity index (χ3n) is 3.96. The Morgan fingerprint density at radius 3 is 2.39 bits per heavy atom. The van der Waals surface area contributed by atoms with Gasteiger partial charge in [0.25, 0.3) is 10.0 Å². The van der Waals surface area contributed by atoms with Crippen molar-refractivity contribution in [3.8, 4) is 11.5 Å². The van der Waals surface area contributed by atoms with Crippen LogP contribution in [0.15, 0.2) is 65.0 Å². The average molecular weight is 418 g/mol. The Balaban J connectivity index is 1.96. The summed E-state index contributed by atoms with van der Waals surface area (Å²) < 4.78 is 37.6. The van der Waals surface area contributed by atoms with E-state index in [-0.39, 0.29) is 16.6 Å². The maximum absolute atomic E-state index is 13.1. The lowest BCUT2D eigenvalue weighted by Crippen LogP contribution is -2.35.